The minimum absolute atomic E-state index is 0.0877. The number of anilines is 2. The summed E-state index contributed by atoms with van der Waals surface area (Å²) >= 11 is 0. The van der Waals surface area contributed by atoms with Crippen molar-refractivity contribution in [1.82, 2.24) is 0 Å². The number of hydrogen-bond donors (Lipinski definition) is 2. The summed E-state index contributed by atoms with van der Waals surface area (Å²) in [5.74, 6) is 0. The van der Waals surface area contributed by atoms with Crippen LogP contribution in [0.1, 0.15) is 47.0 Å². The average Bonchev–Trinajstić information content (AvgIpc) is 2.45. The second-order valence-corrected chi connectivity index (χ2v) is 4.96. The van der Waals surface area contributed by atoms with Gasteiger partial charge in [0.15, 0.2) is 0 Å². The Balaban J connectivity index is 3.23. The van der Waals surface area contributed by atoms with Crippen LogP contribution in [0.2, 0.25) is 0 Å². The summed E-state index contributed by atoms with van der Waals surface area (Å²) in [6.07, 6.45) is 2.80. The lowest BCUT2D eigenvalue weighted by atomic mass is 9.89. The molecule has 0 unspecified atom stereocenters. The highest BCUT2D eigenvalue weighted by Gasteiger charge is 2.28. The van der Waals surface area contributed by atoms with Crippen molar-refractivity contribution in [2.45, 2.75) is 52.5 Å². The van der Waals surface area contributed by atoms with Gasteiger partial charge in [-0.15, -0.1) is 0 Å². The molecule has 5 heteroatoms. The van der Waals surface area contributed by atoms with Gasteiger partial charge in [-0.25, -0.2) is 0 Å². The largest absolute Gasteiger partial charge is 0.380 e. The van der Waals surface area contributed by atoms with Gasteiger partial charge in [0.25, 0.3) is 0 Å². The van der Waals surface area contributed by atoms with Gasteiger partial charge in [-0.3, -0.25) is 10.1 Å². The van der Waals surface area contributed by atoms with E-state index in [1.54, 1.807) is 12.1 Å². The molecule has 0 saturated heterocycles. The van der Waals surface area contributed by atoms with E-state index >= 15 is 0 Å². The molecule has 0 radical (unpaired) electrons. The van der Waals surface area contributed by atoms with E-state index < -0.39 is 0 Å². The maximum Gasteiger partial charge on any atom is 0.315 e. The molecule has 1 aromatic carbocycles. The molecule has 0 atom stereocenters. The number of nitro benzene ring substituents is 1. The second-order valence-electron chi connectivity index (χ2n) is 4.96. The molecule has 0 aliphatic heterocycles. The average molecular weight is 279 g/mol. The van der Waals surface area contributed by atoms with Crippen molar-refractivity contribution < 1.29 is 4.92 Å². The number of rotatable bonds is 8. The number of benzene rings is 1. The Morgan fingerprint density at radius 3 is 2.10 bits per heavy atom. The molecule has 1 rings (SSSR count). The molecule has 0 saturated carbocycles. The molecular formula is C15H25N3O2. The SMILES string of the molecule is CCNc1cccc(NC(CC)(CC)CC)c1[N+](=O)[O-]. The van der Waals surface area contributed by atoms with Crippen LogP contribution >= 0.6 is 0 Å². The van der Waals surface area contributed by atoms with Crippen LogP contribution in [-0.2, 0) is 0 Å². The van der Waals surface area contributed by atoms with Gasteiger partial charge in [0.1, 0.15) is 11.4 Å². The van der Waals surface area contributed by atoms with Gasteiger partial charge in [0.05, 0.1) is 4.92 Å². The number of nitrogens with one attached hydrogen (secondary N) is 2. The van der Waals surface area contributed by atoms with Crippen LogP contribution in [0.4, 0.5) is 17.1 Å². The van der Waals surface area contributed by atoms with Gasteiger partial charge in [0.2, 0.25) is 0 Å². The highest BCUT2D eigenvalue weighted by molar-refractivity contribution is 5.76. The minimum Gasteiger partial charge on any atom is -0.380 e. The van der Waals surface area contributed by atoms with Gasteiger partial charge in [-0.1, -0.05) is 26.8 Å². The highest BCUT2D eigenvalue weighted by atomic mass is 16.6. The van der Waals surface area contributed by atoms with Crippen molar-refractivity contribution in [2.24, 2.45) is 0 Å². The topological polar surface area (TPSA) is 67.2 Å². The quantitative estimate of drug-likeness (QED) is 0.546. The molecule has 1 aromatic rings. The van der Waals surface area contributed by atoms with Gasteiger partial charge in [-0.2, -0.15) is 0 Å². The fraction of sp³-hybridized carbons (Fsp3) is 0.600. The molecule has 0 aromatic heterocycles. The first-order valence-electron chi connectivity index (χ1n) is 7.33. The number of hydrogen-bond acceptors (Lipinski definition) is 4. The van der Waals surface area contributed by atoms with Crippen LogP contribution in [0.5, 0.6) is 0 Å². The van der Waals surface area contributed by atoms with Crippen molar-refractivity contribution in [2.75, 3.05) is 17.2 Å². The smallest absolute Gasteiger partial charge is 0.315 e. The Labute approximate surface area is 120 Å². The molecule has 0 fully saturated rings. The van der Waals surface area contributed by atoms with Gasteiger partial charge in [-0.05, 0) is 38.3 Å². The molecule has 5 nitrogen and oxygen atoms in total. The van der Waals surface area contributed by atoms with Crippen LogP contribution in [0.25, 0.3) is 0 Å². The Morgan fingerprint density at radius 2 is 1.65 bits per heavy atom. The lowest BCUT2D eigenvalue weighted by Crippen LogP contribution is -2.36. The van der Waals surface area contributed by atoms with Crippen LogP contribution < -0.4 is 10.6 Å². The summed E-state index contributed by atoms with van der Waals surface area (Å²) in [5.41, 5.74) is 1.21. The van der Waals surface area contributed by atoms with Crippen molar-refractivity contribution in [1.29, 1.82) is 0 Å². The van der Waals surface area contributed by atoms with E-state index in [1.807, 2.05) is 13.0 Å². The van der Waals surface area contributed by atoms with Crippen molar-refractivity contribution in [3.63, 3.8) is 0 Å². The molecule has 0 aliphatic rings. The third-order valence-corrected chi connectivity index (χ3v) is 4.02. The van der Waals surface area contributed by atoms with E-state index in [0.29, 0.717) is 17.9 Å². The molecular weight excluding hydrogens is 254 g/mol. The fourth-order valence-corrected chi connectivity index (χ4v) is 2.48. The first-order valence-corrected chi connectivity index (χ1v) is 7.33. The number of nitro groups is 1. The lowest BCUT2D eigenvalue weighted by Gasteiger charge is -2.33. The van der Waals surface area contributed by atoms with Crippen molar-refractivity contribution in [3.05, 3.63) is 28.3 Å². The molecule has 0 heterocycles. The molecule has 0 aliphatic carbocycles. The van der Waals surface area contributed by atoms with E-state index in [9.17, 15) is 10.1 Å². The van der Waals surface area contributed by atoms with Crippen molar-refractivity contribution >= 4 is 17.1 Å². The number of nitrogens with zero attached hydrogens (tertiary/aromatic N) is 1. The standard InChI is InChI=1S/C15H25N3O2/c1-5-15(6-2,7-3)17-13-11-9-10-12(16-8-4)14(13)18(19)20/h9-11,16-17H,5-8H2,1-4H3. The van der Waals surface area contributed by atoms with Crippen LogP contribution in [0, 0.1) is 10.1 Å². The third-order valence-electron chi connectivity index (χ3n) is 4.02. The van der Waals surface area contributed by atoms with E-state index in [2.05, 4.69) is 31.4 Å². The summed E-state index contributed by atoms with van der Waals surface area (Å²) < 4.78 is 0. The zero-order valence-electron chi connectivity index (χ0n) is 12.8. The van der Waals surface area contributed by atoms with E-state index in [1.165, 1.54) is 0 Å². The van der Waals surface area contributed by atoms with Crippen LogP contribution in [0.15, 0.2) is 18.2 Å². The lowest BCUT2D eigenvalue weighted by molar-refractivity contribution is -0.383. The Morgan fingerprint density at radius 1 is 1.10 bits per heavy atom. The monoisotopic (exact) mass is 279 g/mol. The van der Waals surface area contributed by atoms with Crippen LogP contribution in [-0.4, -0.2) is 17.0 Å². The zero-order valence-corrected chi connectivity index (χ0v) is 12.8. The minimum atomic E-state index is -0.313. The Hall–Kier alpha value is -1.78. The summed E-state index contributed by atoms with van der Waals surface area (Å²) in [4.78, 5) is 11.1. The summed E-state index contributed by atoms with van der Waals surface area (Å²) in [6.45, 7) is 8.92. The molecule has 0 bridgehead atoms. The molecule has 0 amide bonds. The van der Waals surface area contributed by atoms with Gasteiger partial charge in [0, 0.05) is 12.1 Å². The third kappa shape index (κ3) is 3.40. The zero-order chi connectivity index (χ0) is 15.2. The summed E-state index contributed by atoms with van der Waals surface area (Å²) in [6, 6.07) is 5.38. The first kappa shape index (κ1) is 16.3. The number of para-hydroxylation sites is 1. The second kappa shape index (κ2) is 7.12. The van der Waals surface area contributed by atoms with Crippen molar-refractivity contribution in [3.8, 4) is 0 Å². The van der Waals surface area contributed by atoms with Gasteiger partial charge < -0.3 is 10.6 Å². The highest BCUT2D eigenvalue weighted by Crippen LogP contribution is 2.36. The summed E-state index contributed by atoms with van der Waals surface area (Å²) in [7, 11) is 0. The molecule has 2 N–H and O–H groups in total. The maximum atomic E-state index is 11.4. The Bertz CT molecular complexity index is 448. The van der Waals surface area contributed by atoms with E-state index in [0.717, 1.165) is 19.3 Å². The maximum absolute atomic E-state index is 11.4. The predicted molar refractivity (Wildman–Crippen MR) is 84.5 cm³/mol. The van der Waals surface area contributed by atoms with E-state index in [4.69, 9.17) is 0 Å². The molecule has 0 spiro atoms. The van der Waals surface area contributed by atoms with Gasteiger partial charge >= 0.3 is 5.69 Å². The fourth-order valence-electron chi connectivity index (χ4n) is 2.48. The van der Waals surface area contributed by atoms with Crippen LogP contribution in [0.3, 0.4) is 0 Å². The summed E-state index contributed by atoms with van der Waals surface area (Å²) in [5, 5.41) is 17.9. The first-order chi connectivity index (χ1) is 9.53. The molecule has 112 valence electrons. The Kier molecular flexibility index (Phi) is 5.80. The normalized spacial score (nSPS) is 11.2. The predicted octanol–water partition coefficient (Wildman–Crippen LogP) is 4.41. The molecule has 20 heavy (non-hydrogen) atoms. The van der Waals surface area contributed by atoms with E-state index in [-0.39, 0.29) is 16.1 Å².